The number of rotatable bonds is 1. The van der Waals surface area contributed by atoms with Crippen molar-refractivity contribution in [2.24, 2.45) is 0 Å². The summed E-state index contributed by atoms with van der Waals surface area (Å²) >= 11 is 5.99. The lowest BCUT2D eigenvalue weighted by molar-refractivity contribution is -0.130. The number of likely N-dealkylation sites (N-methyl/N-ethyl adjacent to an activating group) is 1. The Kier molecular flexibility index (Phi) is 4.29. The second kappa shape index (κ2) is 6.26. The Hall–Kier alpha value is -2.38. The molecule has 1 saturated heterocycles. The maximum Gasteiger partial charge on any atom is 0.231 e. The summed E-state index contributed by atoms with van der Waals surface area (Å²) in [5, 5.41) is 0.386. The van der Waals surface area contributed by atoms with Gasteiger partial charge in [-0.15, -0.1) is 0 Å². The second-order valence-electron chi connectivity index (χ2n) is 6.53. The van der Waals surface area contributed by atoms with E-state index in [0.717, 1.165) is 17.7 Å². The van der Waals surface area contributed by atoms with E-state index in [2.05, 4.69) is 35.7 Å². The SMILES string of the molecule is CN1C(=O)[C@@H](c2ccc(C#Cc3cccnc3Cl)cn2)CC1(C)C. The van der Waals surface area contributed by atoms with Crippen LogP contribution in [0.5, 0.6) is 0 Å². The van der Waals surface area contributed by atoms with E-state index in [1.807, 2.05) is 25.2 Å². The molecule has 0 bridgehead atoms. The van der Waals surface area contributed by atoms with Gasteiger partial charge in [-0.1, -0.05) is 23.4 Å². The van der Waals surface area contributed by atoms with E-state index < -0.39 is 0 Å². The average Bonchev–Trinajstić information content (AvgIpc) is 2.78. The zero-order valence-electron chi connectivity index (χ0n) is 13.9. The molecule has 1 atom stereocenters. The van der Waals surface area contributed by atoms with Crippen molar-refractivity contribution in [3.05, 3.63) is 58.6 Å². The molecule has 0 saturated carbocycles. The van der Waals surface area contributed by atoms with Gasteiger partial charge in [0.15, 0.2) is 0 Å². The monoisotopic (exact) mass is 339 g/mol. The molecule has 1 aliphatic heterocycles. The highest BCUT2D eigenvalue weighted by Crippen LogP contribution is 2.37. The molecule has 2 aromatic rings. The lowest BCUT2D eigenvalue weighted by atomic mass is 9.93. The van der Waals surface area contributed by atoms with E-state index in [4.69, 9.17) is 11.6 Å². The van der Waals surface area contributed by atoms with Crippen LogP contribution in [0.25, 0.3) is 0 Å². The lowest BCUT2D eigenvalue weighted by Crippen LogP contribution is -2.37. The van der Waals surface area contributed by atoms with Gasteiger partial charge in [-0.3, -0.25) is 9.78 Å². The maximum atomic E-state index is 12.4. The first-order valence-corrected chi connectivity index (χ1v) is 8.12. The van der Waals surface area contributed by atoms with E-state index in [-0.39, 0.29) is 17.4 Å². The van der Waals surface area contributed by atoms with Crippen molar-refractivity contribution < 1.29 is 4.79 Å². The van der Waals surface area contributed by atoms with Crippen LogP contribution in [0.1, 0.15) is 43.0 Å². The Morgan fingerprint density at radius 3 is 2.62 bits per heavy atom. The number of hydrogen-bond acceptors (Lipinski definition) is 3. The maximum absolute atomic E-state index is 12.4. The lowest BCUT2D eigenvalue weighted by Gasteiger charge is -2.26. The summed E-state index contributed by atoms with van der Waals surface area (Å²) in [7, 11) is 1.85. The first-order chi connectivity index (χ1) is 11.4. The van der Waals surface area contributed by atoms with Crippen LogP contribution >= 0.6 is 11.6 Å². The third-order valence-electron chi connectivity index (χ3n) is 4.48. The number of pyridine rings is 2. The van der Waals surface area contributed by atoms with Crippen LogP contribution in [0.2, 0.25) is 5.15 Å². The fraction of sp³-hybridized carbons (Fsp3) is 0.316. The molecule has 1 fully saturated rings. The summed E-state index contributed by atoms with van der Waals surface area (Å²) in [5.74, 6) is 5.95. The fourth-order valence-electron chi connectivity index (χ4n) is 2.79. The number of amides is 1. The first-order valence-electron chi connectivity index (χ1n) is 7.74. The number of halogens is 1. The van der Waals surface area contributed by atoms with Gasteiger partial charge < -0.3 is 4.90 Å². The van der Waals surface area contributed by atoms with Gasteiger partial charge in [0.2, 0.25) is 5.91 Å². The Bertz CT molecular complexity index is 834. The highest BCUT2D eigenvalue weighted by molar-refractivity contribution is 6.30. The summed E-state index contributed by atoms with van der Waals surface area (Å²) in [6, 6.07) is 7.38. The van der Waals surface area contributed by atoms with E-state index in [0.29, 0.717) is 10.7 Å². The molecule has 0 unspecified atom stereocenters. The smallest absolute Gasteiger partial charge is 0.231 e. The van der Waals surface area contributed by atoms with E-state index in [9.17, 15) is 4.79 Å². The number of aromatic nitrogens is 2. The second-order valence-corrected chi connectivity index (χ2v) is 6.89. The Labute approximate surface area is 146 Å². The van der Waals surface area contributed by atoms with Crippen molar-refractivity contribution in [3.63, 3.8) is 0 Å². The third-order valence-corrected chi connectivity index (χ3v) is 4.79. The zero-order chi connectivity index (χ0) is 17.3. The predicted octanol–water partition coefficient (Wildman–Crippen LogP) is 3.25. The summed E-state index contributed by atoms with van der Waals surface area (Å²) in [6.07, 6.45) is 4.10. The molecular weight excluding hydrogens is 322 g/mol. The molecule has 2 aromatic heterocycles. The molecule has 122 valence electrons. The van der Waals surface area contributed by atoms with Gasteiger partial charge in [0.1, 0.15) is 5.15 Å². The topological polar surface area (TPSA) is 46.1 Å². The summed E-state index contributed by atoms with van der Waals surface area (Å²) in [5.41, 5.74) is 2.11. The first kappa shape index (κ1) is 16.5. The third kappa shape index (κ3) is 3.13. The van der Waals surface area contributed by atoms with Gasteiger partial charge in [-0.2, -0.15) is 0 Å². The molecule has 24 heavy (non-hydrogen) atoms. The molecule has 0 radical (unpaired) electrons. The Morgan fingerprint density at radius 2 is 2.04 bits per heavy atom. The molecule has 3 heterocycles. The molecule has 1 aliphatic rings. The molecule has 0 aromatic carbocycles. The molecular formula is C19H18ClN3O. The van der Waals surface area contributed by atoms with Crippen LogP contribution < -0.4 is 0 Å². The number of carbonyl (C=O) groups is 1. The van der Waals surface area contributed by atoms with Gasteiger partial charge in [-0.25, -0.2) is 4.98 Å². The van der Waals surface area contributed by atoms with Crippen molar-refractivity contribution >= 4 is 17.5 Å². The number of carbonyl (C=O) groups excluding carboxylic acids is 1. The molecule has 0 N–H and O–H groups in total. The average molecular weight is 340 g/mol. The Balaban J connectivity index is 1.80. The van der Waals surface area contributed by atoms with Crippen molar-refractivity contribution in [3.8, 4) is 11.8 Å². The standard InChI is InChI=1S/C19H18ClN3O/c1-19(2)11-15(18(24)23(19)3)16-9-7-13(12-22-16)6-8-14-5-4-10-21-17(14)20/h4-5,7,9-10,12,15H,11H2,1-3H3/t15-/m1/s1. The Morgan fingerprint density at radius 1 is 1.25 bits per heavy atom. The molecule has 5 heteroatoms. The molecule has 3 rings (SSSR count). The van der Waals surface area contributed by atoms with Crippen LogP contribution in [0.15, 0.2) is 36.7 Å². The van der Waals surface area contributed by atoms with Crippen LogP contribution in [0, 0.1) is 11.8 Å². The van der Waals surface area contributed by atoms with E-state index >= 15 is 0 Å². The highest BCUT2D eigenvalue weighted by Gasteiger charge is 2.43. The number of likely N-dealkylation sites (tertiary alicyclic amines) is 1. The quantitative estimate of drug-likeness (QED) is 0.592. The molecule has 1 amide bonds. The van der Waals surface area contributed by atoms with Gasteiger partial charge in [0.05, 0.1) is 17.2 Å². The van der Waals surface area contributed by atoms with Gasteiger partial charge in [0.25, 0.3) is 0 Å². The van der Waals surface area contributed by atoms with Gasteiger partial charge in [-0.05, 0) is 44.5 Å². The van der Waals surface area contributed by atoms with Crippen LogP contribution in [-0.2, 0) is 4.79 Å². The highest BCUT2D eigenvalue weighted by atomic mass is 35.5. The molecule has 0 aliphatic carbocycles. The predicted molar refractivity (Wildman–Crippen MR) is 93.7 cm³/mol. The van der Waals surface area contributed by atoms with Crippen LogP contribution in [0.3, 0.4) is 0 Å². The normalized spacial score (nSPS) is 19.1. The summed E-state index contributed by atoms with van der Waals surface area (Å²) < 4.78 is 0. The van der Waals surface area contributed by atoms with Crippen LogP contribution in [0.4, 0.5) is 0 Å². The van der Waals surface area contributed by atoms with Crippen molar-refractivity contribution in [2.45, 2.75) is 31.7 Å². The van der Waals surface area contributed by atoms with Gasteiger partial charge in [0, 0.05) is 30.5 Å². The minimum Gasteiger partial charge on any atom is -0.340 e. The minimum absolute atomic E-state index is 0.119. The van der Waals surface area contributed by atoms with Gasteiger partial charge >= 0.3 is 0 Å². The van der Waals surface area contributed by atoms with Crippen molar-refractivity contribution in [1.82, 2.24) is 14.9 Å². The fourth-order valence-corrected chi connectivity index (χ4v) is 2.96. The van der Waals surface area contributed by atoms with E-state index in [1.165, 1.54) is 0 Å². The number of nitrogens with zero attached hydrogens (tertiary/aromatic N) is 3. The number of hydrogen-bond donors (Lipinski definition) is 0. The van der Waals surface area contributed by atoms with E-state index in [1.54, 1.807) is 23.4 Å². The molecule has 4 nitrogen and oxygen atoms in total. The largest absolute Gasteiger partial charge is 0.340 e. The molecule has 0 spiro atoms. The zero-order valence-corrected chi connectivity index (χ0v) is 14.6. The van der Waals surface area contributed by atoms with Crippen molar-refractivity contribution in [1.29, 1.82) is 0 Å². The van der Waals surface area contributed by atoms with Crippen LogP contribution in [-0.4, -0.2) is 33.4 Å². The summed E-state index contributed by atoms with van der Waals surface area (Å²) in [4.78, 5) is 22.6. The summed E-state index contributed by atoms with van der Waals surface area (Å²) in [6.45, 7) is 4.14. The minimum atomic E-state index is -0.181. The van der Waals surface area contributed by atoms with Crippen molar-refractivity contribution in [2.75, 3.05) is 7.05 Å².